The van der Waals surface area contributed by atoms with E-state index in [0.29, 0.717) is 6.42 Å². The molecule has 0 unspecified atom stereocenters. The highest BCUT2D eigenvalue weighted by molar-refractivity contribution is 6.00. The number of alkyl carbamates (subject to hydrolysis) is 1. The topological polar surface area (TPSA) is 179 Å². The van der Waals surface area contributed by atoms with Crippen LogP contribution in [0, 0.1) is 17.8 Å². The Kier molecular flexibility index (Phi) is 12.6. The maximum absolute atomic E-state index is 17.4. The van der Waals surface area contributed by atoms with Crippen LogP contribution in [0.1, 0.15) is 80.2 Å². The van der Waals surface area contributed by atoms with Crippen LogP contribution < -0.4 is 5.32 Å². The molecule has 5 rings (SSSR count). The Hall–Kier alpha value is -3.76. The van der Waals surface area contributed by atoms with Gasteiger partial charge >= 0.3 is 12.1 Å². The fourth-order valence-electron chi connectivity index (χ4n) is 8.63. The minimum absolute atomic E-state index is 0.108. The van der Waals surface area contributed by atoms with Gasteiger partial charge in [0, 0.05) is 24.3 Å². The molecule has 0 saturated carbocycles. The van der Waals surface area contributed by atoms with E-state index in [1.165, 1.54) is 20.8 Å². The van der Waals surface area contributed by atoms with Crippen LogP contribution in [0.25, 0.3) is 17.1 Å². The summed E-state index contributed by atoms with van der Waals surface area (Å²) in [7, 11) is 3.64. The lowest BCUT2D eigenvalue weighted by Crippen LogP contribution is -2.62. The molecule has 2 aromatic rings. The summed E-state index contributed by atoms with van der Waals surface area (Å²) in [5, 5.41) is 14.2. The highest BCUT2D eigenvalue weighted by Crippen LogP contribution is 2.42. The first-order valence-electron chi connectivity index (χ1n) is 19.1. The van der Waals surface area contributed by atoms with E-state index in [4.69, 9.17) is 23.7 Å². The van der Waals surface area contributed by atoms with Crippen molar-refractivity contribution in [2.75, 3.05) is 20.7 Å². The second-order valence-corrected chi connectivity index (χ2v) is 16.3. The van der Waals surface area contributed by atoms with Crippen LogP contribution >= 0.6 is 0 Å². The van der Waals surface area contributed by atoms with Gasteiger partial charge in [-0.2, -0.15) is 0 Å². The molecule has 0 bridgehead atoms. The maximum Gasteiger partial charge on any atom is 0.408 e. The third-order valence-corrected chi connectivity index (χ3v) is 11.7. The Morgan fingerprint density at radius 3 is 2.47 bits per heavy atom. The number of ketones is 2. The molecular weight excluding hydrogens is 715 g/mol. The number of benzene rings is 1. The largest absolute Gasteiger partial charge is 0.458 e. The number of aliphatic hydroxyl groups excluding tert-OH is 1. The fourth-order valence-corrected chi connectivity index (χ4v) is 8.63. The van der Waals surface area contributed by atoms with Gasteiger partial charge in [0.25, 0.3) is 0 Å². The molecule has 3 fully saturated rings. The first kappa shape index (κ1) is 42.4. The number of fused-ring (bicyclic) bond motifs is 2. The van der Waals surface area contributed by atoms with Gasteiger partial charge in [0.1, 0.15) is 18.1 Å². The van der Waals surface area contributed by atoms with Crippen LogP contribution in [0.15, 0.2) is 30.6 Å². The normalized spacial score (nSPS) is 39.5. The van der Waals surface area contributed by atoms with Crippen LogP contribution in [-0.4, -0.2) is 124 Å². The number of Topliss-reactive ketones (excluding diaryl/α,β-unsaturated/α-hetero) is 2. The molecule has 0 aliphatic carbocycles. The number of amides is 1. The third kappa shape index (κ3) is 8.65. The number of imidazole rings is 1. The Morgan fingerprint density at radius 1 is 1.09 bits per heavy atom. The second kappa shape index (κ2) is 16.4. The van der Waals surface area contributed by atoms with E-state index < -0.39 is 95.3 Å². The molecule has 13 atom stereocenters. The fraction of sp³-hybridized carbons (Fsp3) is 0.675. The molecule has 3 N–H and O–H groups in total. The first-order valence-corrected chi connectivity index (χ1v) is 19.1. The van der Waals surface area contributed by atoms with Crippen molar-refractivity contribution >= 4 is 40.7 Å². The number of nitrogens with one attached hydrogen (secondary N) is 2. The van der Waals surface area contributed by atoms with Crippen molar-refractivity contribution in [2.24, 2.45) is 17.8 Å². The SMILES string of the molecule is CC[C@H]1OC(=O)[C@H](C)C(=O)[C@H](C)[C@@H](O[C@@H]2O[C@H](C)C[C@H](N(C)C)[C@H]2O)[C@](C)(OC/C=C/c2ccc3nc[nH]c3c2)C[C@](C)(F)C(=O)[C@H](C)[C@@H]2NC(=O)O[C@]12C. The van der Waals surface area contributed by atoms with Crippen molar-refractivity contribution in [3.05, 3.63) is 36.2 Å². The summed E-state index contributed by atoms with van der Waals surface area (Å²) in [5.41, 5.74) is -3.49. The number of hydrogen-bond donors (Lipinski definition) is 3. The number of esters is 1. The third-order valence-electron chi connectivity index (χ3n) is 11.7. The van der Waals surface area contributed by atoms with Crippen molar-refractivity contribution in [3.8, 4) is 0 Å². The lowest BCUT2D eigenvalue weighted by Gasteiger charge is -2.48. The number of nitrogens with zero attached hydrogens (tertiary/aromatic N) is 2. The molecule has 0 radical (unpaired) electrons. The zero-order valence-electron chi connectivity index (χ0n) is 33.5. The van der Waals surface area contributed by atoms with E-state index in [0.717, 1.165) is 23.5 Å². The number of alkyl halides is 1. The number of carbonyl (C=O) groups excluding carboxylic acids is 4. The van der Waals surface area contributed by atoms with Crippen LogP contribution in [0.5, 0.6) is 0 Å². The first-order chi connectivity index (χ1) is 25.7. The molecule has 4 heterocycles. The highest BCUT2D eigenvalue weighted by atomic mass is 19.1. The molecule has 1 aromatic carbocycles. The Bertz CT molecular complexity index is 1770. The molecule has 3 saturated heterocycles. The lowest BCUT2D eigenvalue weighted by molar-refractivity contribution is -0.297. The summed E-state index contributed by atoms with van der Waals surface area (Å²) in [4.78, 5) is 64.4. The number of aliphatic hydroxyl groups is 1. The molecule has 1 amide bonds. The van der Waals surface area contributed by atoms with Crippen LogP contribution in [-0.2, 0) is 38.1 Å². The number of hydrogen-bond acceptors (Lipinski definition) is 12. The average molecular weight is 773 g/mol. The van der Waals surface area contributed by atoms with Gasteiger partial charge in [-0.1, -0.05) is 39.0 Å². The van der Waals surface area contributed by atoms with E-state index >= 15 is 4.39 Å². The summed E-state index contributed by atoms with van der Waals surface area (Å²) < 4.78 is 48.2. The predicted molar refractivity (Wildman–Crippen MR) is 200 cm³/mol. The minimum Gasteiger partial charge on any atom is -0.458 e. The van der Waals surface area contributed by atoms with Crippen molar-refractivity contribution in [2.45, 2.75) is 134 Å². The zero-order chi connectivity index (χ0) is 40.6. The standard InChI is InChI=1S/C40H57FN4O10/c1-11-29-40(8)32(44-37(50)55-40)24(5)33(48)38(6,41)19-39(7,51-16-12-13-25-14-15-26-27(18-25)43-20-42-26)34(22(3)30(46)23(4)35(49)53-29)54-36-31(47)28(45(9)10)17-21(2)52-36/h12-15,18,20-24,28-29,31-32,34,36,47H,11,16-17,19H2,1-10H3,(H,42,43)(H,44,50)/b13-12+/t21-,22+,23-,24-,28+,29-,31-,32+,34-,36+,38+,39-,40-/m1/s1. The van der Waals surface area contributed by atoms with E-state index in [9.17, 15) is 24.3 Å². The number of aromatic amines is 1. The number of halogens is 1. The van der Waals surface area contributed by atoms with Crippen LogP contribution in [0.4, 0.5) is 9.18 Å². The van der Waals surface area contributed by atoms with Gasteiger partial charge in [0.2, 0.25) is 0 Å². The molecule has 14 nitrogen and oxygen atoms in total. The van der Waals surface area contributed by atoms with Crippen molar-refractivity contribution < 1.29 is 52.4 Å². The van der Waals surface area contributed by atoms with Gasteiger partial charge in [-0.05, 0) is 79.3 Å². The Balaban J connectivity index is 1.59. The van der Waals surface area contributed by atoms with Crippen molar-refractivity contribution in [3.63, 3.8) is 0 Å². The van der Waals surface area contributed by atoms with Gasteiger partial charge in [0.05, 0.1) is 47.8 Å². The van der Waals surface area contributed by atoms with E-state index in [2.05, 4.69) is 15.3 Å². The quantitative estimate of drug-likeness (QED) is 0.253. The number of aromatic nitrogens is 2. The average Bonchev–Trinajstić information content (AvgIpc) is 3.73. The minimum atomic E-state index is -2.62. The number of carbonyl (C=O) groups is 4. The molecule has 55 heavy (non-hydrogen) atoms. The molecule has 304 valence electrons. The van der Waals surface area contributed by atoms with Gasteiger partial charge in [0.15, 0.2) is 29.1 Å². The predicted octanol–water partition coefficient (Wildman–Crippen LogP) is 4.53. The van der Waals surface area contributed by atoms with Crippen LogP contribution in [0.3, 0.4) is 0 Å². The van der Waals surface area contributed by atoms with E-state index in [-0.39, 0.29) is 25.2 Å². The highest BCUT2D eigenvalue weighted by Gasteiger charge is 2.59. The summed E-state index contributed by atoms with van der Waals surface area (Å²) in [6, 6.07) is 4.17. The lowest BCUT2D eigenvalue weighted by atomic mass is 9.72. The number of likely N-dealkylation sites (N-methyl/N-ethyl adjacent to an activating group) is 1. The monoisotopic (exact) mass is 772 g/mol. The van der Waals surface area contributed by atoms with Gasteiger partial charge in [-0.25, -0.2) is 14.2 Å². The molecular formula is C40H57FN4O10. The molecule has 3 aliphatic heterocycles. The van der Waals surface area contributed by atoms with Gasteiger partial charge in [-0.3, -0.25) is 14.4 Å². The van der Waals surface area contributed by atoms with Gasteiger partial charge in [-0.15, -0.1) is 0 Å². The summed E-state index contributed by atoms with van der Waals surface area (Å²) in [5.74, 6) is -6.02. The Morgan fingerprint density at radius 2 is 1.80 bits per heavy atom. The Labute approximate surface area is 321 Å². The second-order valence-electron chi connectivity index (χ2n) is 16.3. The summed E-state index contributed by atoms with van der Waals surface area (Å²) >= 11 is 0. The molecule has 1 aromatic heterocycles. The number of H-pyrrole nitrogens is 1. The molecule has 15 heteroatoms. The number of ether oxygens (including phenoxy) is 5. The maximum atomic E-state index is 17.4. The zero-order valence-corrected chi connectivity index (χ0v) is 33.5. The van der Waals surface area contributed by atoms with Gasteiger partial charge < -0.3 is 44.0 Å². The summed E-state index contributed by atoms with van der Waals surface area (Å²) in [6.07, 6.45) is -0.934. The summed E-state index contributed by atoms with van der Waals surface area (Å²) in [6.45, 7) is 12.1. The van der Waals surface area contributed by atoms with Crippen molar-refractivity contribution in [1.29, 1.82) is 0 Å². The number of cyclic esters (lactones) is 1. The molecule has 0 spiro atoms. The number of rotatable bonds is 8. The van der Waals surface area contributed by atoms with E-state index in [1.807, 2.05) is 50.2 Å². The van der Waals surface area contributed by atoms with Crippen LogP contribution in [0.2, 0.25) is 0 Å². The molecule has 3 aliphatic rings. The smallest absolute Gasteiger partial charge is 0.408 e. The van der Waals surface area contributed by atoms with E-state index in [1.54, 1.807) is 33.2 Å². The van der Waals surface area contributed by atoms with Crippen molar-refractivity contribution in [1.82, 2.24) is 20.2 Å².